The molecule has 0 aromatic carbocycles. The number of hydrogen-bond acceptors (Lipinski definition) is 4. The number of isothiocyanates is 2. The van der Waals surface area contributed by atoms with Crippen LogP contribution in [0.1, 0.15) is 0 Å². The topological polar surface area (TPSA) is 36.2 Å². The summed E-state index contributed by atoms with van der Waals surface area (Å²) in [6.07, 6.45) is 0. The van der Waals surface area contributed by atoms with E-state index in [-0.39, 0.29) is 0 Å². The minimum absolute atomic E-state index is 1.58. The van der Waals surface area contributed by atoms with Crippen LogP contribution in [0.15, 0.2) is 4.99 Å². The quantitative estimate of drug-likeness (QED) is 0.399. The van der Waals surface area contributed by atoms with Crippen molar-refractivity contribution < 1.29 is 0 Å². The van der Waals surface area contributed by atoms with Crippen LogP contribution in [0.3, 0.4) is 0 Å². The largest absolute Gasteiger partial charge is 0.248 e. The maximum absolute atomic E-state index is 5.77. The zero-order valence-corrected chi connectivity index (χ0v) is 5.40. The van der Waals surface area contributed by atoms with Crippen LogP contribution in [0.4, 0.5) is 0 Å². The highest BCUT2D eigenvalue weighted by Crippen LogP contribution is 1.36. The Kier molecular flexibility index (Phi) is 24.5. The Labute approximate surface area is 52.8 Å². The fourth-order valence-corrected chi connectivity index (χ4v) is 0. The van der Waals surface area contributed by atoms with Gasteiger partial charge in [-0.25, -0.2) is 10.4 Å². The van der Waals surface area contributed by atoms with E-state index in [4.69, 9.17) is 5.41 Å². The van der Waals surface area contributed by atoms with E-state index in [1.54, 1.807) is 12.2 Å². The molecule has 0 bridgehead atoms. The van der Waals surface area contributed by atoms with Gasteiger partial charge in [0.2, 0.25) is 0 Å². The van der Waals surface area contributed by atoms with Crippen molar-refractivity contribution in [3.8, 4) is 0 Å². The van der Waals surface area contributed by atoms with Crippen molar-refractivity contribution in [3.05, 3.63) is 0 Å². The van der Waals surface area contributed by atoms with Crippen molar-refractivity contribution in [2.75, 3.05) is 7.05 Å². The third-order valence-corrected chi connectivity index (χ3v) is 0.274. The molecule has 0 rings (SSSR count). The molecule has 0 spiro atoms. The summed E-state index contributed by atoms with van der Waals surface area (Å²) in [6, 6.07) is 0. The van der Waals surface area contributed by atoms with Gasteiger partial charge in [0.1, 0.15) is 0 Å². The summed E-state index contributed by atoms with van der Waals surface area (Å²) in [5.41, 5.74) is 0. The van der Waals surface area contributed by atoms with Gasteiger partial charge in [-0.15, -0.1) is 0 Å². The molecule has 0 fully saturated rings. The smallest absolute Gasteiger partial charge is 0.0582 e. The second-order valence-corrected chi connectivity index (χ2v) is 0.804. The van der Waals surface area contributed by atoms with Crippen molar-refractivity contribution in [3.63, 3.8) is 0 Å². The standard InChI is InChI=1S/C2H3NS.CHNS/c1-3-2-4;2-1-3/h1H3;2H. The van der Waals surface area contributed by atoms with Gasteiger partial charge in [-0.05, 0) is 24.4 Å². The Morgan fingerprint density at radius 3 is 1.71 bits per heavy atom. The third kappa shape index (κ3) is 202. The van der Waals surface area contributed by atoms with Crippen molar-refractivity contribution in [1.82, 2.24) is 0 Å². The van der Waals surface area contributed by atoms with E-state index in [0.717, 1.165) is 0 Å². The average molecular weight is 132 g/mol. The molecule has 0 aliphatic carbocycles. The van der Waals surface area contributed by atoms with E-state index in [1.807, 2.05) is 0 Å². The van der Waals surface area contributed by atoms with Gasteiger partial charge in [0.15, 0.2) is 0 Å². The first-order chi connectivity index (χ1) is 3.33. The third-order valence-electron chi connectivity index (χ3n) is 0.0913. The van der Waals surface area contributed by atoms with Crippen LogP contribution in [0, 0.1) is 5.41 Å². The van der Waals surface area contributed by atoms with Gasteiger partial charge in [0.25, 0.3) is 0 Å². The minimum atomic E-state index is 1.58. The lowest BCUT2D eigenvalue weighted by molar-refractivity contribution is 1.49. The van der Waals surface area contributed by atoms with Gasteiger partial charge in [0, 0.05) is 7.05 Å². The fraction of sp³-hybridized carbons (Fsp3) is 0.333. The highest BCUT2D eigenvalue weighted by molar-refractivity contribution is 7.78. The number of nitrogens with zero attached hydrogens (tertiary/aromatic N) is 1. The predicted octanol–water partition coefficient (Wildman–Crippen LogP) is 1.39. The second kappa shape index (κ2) is 17.5. The first-order valence-electron chi connectivity index (χ1n) is 1.33. The molecule has 0 saturated heterocycles. The van der Waals surface area contributed by atoms with Gasteiger partial charge in [-0.3, -0.25) is 0 Å². The molecule has 2 nitrogen and oxygen atoms in total. The first-order valence-corrected chi connectivity index (χ1v) is 2.15. The van der Waals surface area contributed by atoms with Gasteiger partial charge >= 0.3 is 0 Å². The van der Waals surface area contributed by atoms with Gasteiger partial charge in [0.05, 0.1) is 10.3 Å². The molecular weight excluding hydrogens is 128 g/mol. The van der Waals surface area contributed by atoms with E-state index in [1.165, 1.54) is 0 Å². The van der Waals surface area contributed by atoms with Crippen molar-refractivity contribution in [2.24, 2.45) is 4.99 Å². The van der Waals surface area contributed by atoms with Crippen LogP contribution in [0.2, 0.25) is 0 Å². The molecule has 0 saturated carbocycles. The van der Waals surface area contributed by atoms with E-state index in [9.17, 15) is 0 Å². The van der Waals surface area contributed by atoms with Crippen LogP contribution in [0.5, 0.6) is 0 Å². The molecule has 0 aliphatic rings. The Bertz CT molecular complexity index is 97.5. The molecule has 38 valence electrons. The van der Waals surface area contributed by atoms with E-state index in [2.05, 4.69) is 34.6 Å². The molecule has 0 aromatic heterocycles. The van der Waals surface area contributed by atoms with E-state index < -0.39 is 0 Å². The highest BCUT2D eigenvalue weighted by atomic mass is 32.1. The fourth-order valence-electron chi connectivity index (χ4n) is 0. The van der Waals surface area contributed by atoms with Gasteiger partial charge in [-0.2, -0.15) is 0 Å². The zero-order valence-electron chi connectivity index (χ0n) is 3.76. The molecule has 0 unspecified atom stereocenters. The minimum Gasteiger partial charge on any atom is -0.248 e. The molecule has 0 radical (unpaired) electrons. The Morgan fingerprint density at radius 1 is 1.57 bits per heavy atom. The molecule has 0 amide bonds. The molecule has 0 aromatic rings. The number of rotatable bonds is 0. The average Bonchev–Trinajstić information content (AvgIpc) is 1.69. The van der Waals surface area contributed by atoms with Crippen LogP contribution in [-0.2, 0) is 0 Å². The lowest BCUT2D eigenvalue weighted by atomic mass is 11.4. The summed E-state index contributed by atoms with van der Waals surface area (Å²) in [6.45, 7) is 0. The summed E-state index contributed by atoms with van der Waals surface area (Å²) < 4.78 is 0. The second-order valence-electron chi connectivity index (χ2n) is 0.417. The van der Waals surface area contributed by atoms with E-state index in [0.29, 0.717) is 0 Å². The summed E-state index contributed by atoms with van der Waals surface area (Å²) in [5.74, 6) is 0. The summed E-state index contributed by atoms with van der Waals surface area (Å²) in [5, 5.41) is 9.50. The number of hydrogen-bond donors (Lipinski definition) is 1. The maximum Gasteiger partial charge on any atom is 0.0582 e. The first kappa shape index (κ1) is 9.78. The Hall–Kier alpha value is -0.400. The molecule has 4 heteroatoms. The van der Waals surface area contributed by atoms with Gasteiger partial charge < -0.3 is 0 Å². The van der Waals surface area contributed by atoms with Crippen LogP contribution >= 0.6 is 24.4 Å². The molecule has 0 aliphatic heterocycles. The van der Waals surface area contributed by atoms with Crippen molar-refractivity contribution in [2.45, 2.75) is 0 Å². The lowest BCUT2D eigenvalue weighted by Gasteiger charge is -1.39. The molecular formula is C3H4N2S2. The zero-order chi connectivity index (χ0) is 6.12. The summed E-state index contributed by atoms with van der Waals surface area (Å²) in [4.78, 5) is 3.30. The molecule has 0 heterocycles. The Balaban J connectivity index is 0. The Morgan fingerprint density at radius 2 is 1.71 bits per heavy atom. The summed E-state index contributed by atoms with van der Waals surface area (Å²) >= 11 is 7.95. The van der Waals surface area contributed by atoms with Crippen LogP contribution in [0.25, 0.3) is 0 Å². The predicted molar refractivity (Wildman–Crippen MR) is 36.3 cm³/mol. The number of thiocarbonyl (C=S) groups is 2. The van der Waals surface area contributed by atoms with Gasteiger partial charge in [-0.1, -0.05) is 0 Å². The van der Waals surface area contributed by atoms with Crippen molar-refractivity contribution in [1.29, 1.82) is 5.41 Å². The summed E-state index contributed by atoms with van der Waals surface area (Å²) in [7, 11) is 1.59. The van der Waals surface area contributed by atoms with Crippen LogP contribution in [-0.4, -0.2) is 17.4 Å². The van der Waals surface area contributed by atoms with Crippen LogP contribution < -0.4 is 0 Å². The van der Waals surface area contributed by atoms with E-state index >= 15 is 0 Å². The monoisotopic (exact) mass is 132 g/mol. The molecule has 1 N–H and O–H groups in total. The molecule has 0 atom stereocenters. The number of aliphatic imine (C=N–C) groups is 1. The SMILES string of the molecule is CN=C=S.N=C=S. The molecule has 7 heavy (non-hydrogen) atoms. The highest BCUT2D eigenvalue weighted by Gasteiger charge is 1.24. The maximum atomic E-state index is 5.77. The number of nitrogens with one attached hydrogen (secondary N) is 1. The lowest BCUT2D eigenvalue weighted by Crippen LogP contribution is -1.33. The van der Waals surface area contributed by atoms with Crippen molar-refractivity contribution >= 4 is 34.8 Å². The normalized spacial score (nSPS) is 3.57.